The fourth-order valence-electron chi connectivity index (χ4n) is 4.79. The first-order valence-corrected chi connectivity index (χ1v) is 14.9. The first-order chi connectivity index (χ1) is 20.2. The molecular formula is C32H28Cl2N2O5S. The lowest BCUT2D eigenvalue weighted by molar-refractivity contribution is -0.138. The molecule has 7 nitrogen and oxygen atoms in total. The number of carbonyl (C=O) groups is 1. The molecule has 0 fully saturated rings. The highest BCUT2D eigenvalue weighted by Gasteiger charge is 2.37. The summed E-state index contributed by atoms with van der Waals surface area (Å²) in [5, 5.41) is 0.923. The predicted molar refractivity (Wildman–Crippen MR) is 166 cm³/mol. The summed E-state index contributed by atoms with van der Waals surface area (Å²) in [5.74, 6) is 0.451. The van der Waals surface area contributed by atoms with E-state index in [1.165, 1.54) is 23.0 Å². The summed E-state index contributed by atoms with van der Waals surface area (Å²) in [7, 11) is 1.53. The zero-order chi connectivity index (χ0) is 30.0. The smallest absolute Gasteiger partial charge is 0.338 e. The van der Waals surface area contributed by atoms with Crippen molar-refractivity contribution in [2.75, 3.05) is 13.7 Å². The van der Waals surface area contributed by atoms with Crippen LogP contribution in [0.4, 0.5) is 0 Å². The summed E-state index contributed by atoms with van der Waals surface area (Å²) in [5.41, 5.74) is 2.12. The molecular weight excluding hydrogens is 595 g/mol. The molecule has 0 saturated heterocycles. The van der Waals surface area contributed by atoms with Crippen LogP contribution in [-0.2, 0) is 9.53 Å². The van der Waals surface area contributed by atoms with Crippen molar-refractivity contribution in [2.24, 2.45) is 4.99 Å². The van der Waals surface area contributed by atoms with Crippen molar-refractivity contribution in [3.8, 4) is 11.5 Å². The summed E-state index contributed by atoms with van der Waals surface area (Å²) in [6.07, 6.45) is 1.64. The van der Waals surface area contributed by atoms with E-state index in [1.807, 2.05) is 44.2 Å². The van der Waals surface area contributed by atoms with Gasteiger partial charge in [-0.25, -0.2) is 9.79 Å². The molecule has 0 saturated carbocycles. The molecule has 4 aromatic rings. The zero-order valence-corrected chi connectivity index (χ0v) is 25.7. The number of thiazole rings is 1. The van der Waals surface area contributed by atoms with Crippen LogP contribution in [0, 0.1) is 0 Å². The van der Waals surface area contributed by atoms with Crippen LogP contribution >= 0.6 is 34.5 Å². The summed E-state index contributed by atoms with van der Waals surface area (Å²) >= 11 is 14.0. The van der Waals surface area contributed by atoms with Gasteiger partial charge in [-0.15, -0.1) is 0 Å². The second-order valence-corrected chi connectivity index (χ2v) is 11.5. The molecule has 10 heteroatoms. The van der Waals surface area contributed by atoms with Crippen LogP contribution in [-0.4, -0.2) is 30.4 Å². The van der Waals surface area contributed by atoms with Crippen molar-refractivity contribution in [1.82, 2.24) is 4.57 Å². The van der Waals surface area contributed by atoms with Crippen molar-refractivity contribution in [2.45, 2.75) is 32.9 Å². The predicted octanol–water partition coefficient (Wildman–Crippen LogP) is 6.04. The lowest BCUT2D eigenvalue weighted by Gasteiger charge is -2.27. The van der Waals surface area contributed by atoms with Gasteiger partial charge < -0.3 is 14.2 Å². The SMILES string of the molecule is CCOC(=O)C1=C(c2ccccc2)N=c2s/c(=C\c3cc(Cl)ccc3OC(C)C)c(=O)n2[C@@H]1c1cc(Cl)ccc1OC. The van der Waals surface area contributed by atoms with Gasteiger partial charge in [-0.3, -0.25) is 9.36 Å². The van der Waals surface area contributed by atoms with E-state index < -0.39 is 12.0 Å². The van der Waals surface area contributed by atoms with Crippen LogP contribution in [0.15, 0.2) is 82.1 Å². The number of esters is 1. The Morgan fingerprint density at radius 3 is 2.40 bits per heavy atom. The molecule has 0 unspecified atom stereocenters. The number of nitrogens with zero attached hydrogens (tertiary/aromatic N) is 2. The average Bonchev–Trinajstić information content (AvgIpc) is 3.28. The Balaban J connectivity index is 1.86. The molecule has 2 heterocycles. The molecule has 0 radical (unpaired) electrons. The fourth-order valence-corrected chi connectivity index (χ4v) is 6.14. The first kappa shape index (κ1) is 29.6. The van der Waals surface area contributed by atoms with Crippen molar-refractivity contribution >= 4 is 52.3 Å². The fraction of sp³-hybridized carbons (Fsp3) is 0.219. The Bertz CT molecular complexity index is 1860. The van der Waals surface area contributed by atoms with E-state index in [-0.39, 0.29) is 23.8 Å². The molecule has 3 aromatic carbocycles. The van der Waals surface area contributed by atoms with Gasteiger partial charge in [0.25, 0.3) is 5.56 Å². The lowest BCUT2D eigenvalue weighted by Crippen LogP contribution is -2.40. The number of rotatable bonds is 8. The second-order valence-electron chi connectivity index (χ2n) is 9.67. The van der Waals surface area contributed by atoms with Crippen LogP contribution in [0.25, 0.3) is 11.8 Å². The van der Waals surface area contributed by atoms with E-state index in [2.05, 4.69) is 0 Å². The van der Waals surface area contributed by atoms with E-state index in [0.717, 1.165) is 0 Å². The summed E-state index contributed by atoms with van der Waals surface area (Å²) in [6.45, 7) is 5.72. The molecule has 0 aliphatic carbocycles. The maximum absolute atomic E-state index is 14.2. The third-order valence-electron chi connectivity index (χ3n) is 6.48. The van der Waals surface area contributed by atoms with Gasteiger partial charge in [0.05, 0.1) is 35.6 Å². The Labute approximate surface area is 256 Å². The van der Waals surface area contributed by atoms with Gasteiger partial charge in [0, 0.05) is 26.7 Å². The molecule has 0 N–H and O–H groups in total. The largest absolute Gasteiger partial charge is 0.496 e. The van der Waals surface area contributed by atoms with Gasteiger partial charge in [0.15, 0.2) is 4.80 Å². The quantitative estimate of drug-likeness (QED) is 0.224. The third-order valence-corrected chi connectivity index (χ3v) is 7.93. The van der Waals surface area contributed by atoms with Crippen LogP contribution in [0.5, 0.6) is 11.5 Å². The third kappa shape index (κ3) is 5.88. The van der Waals surface area contributed by atoms with Crippen molar-refractivity contribution < 1.29 is 19.0 Å². The van der Waals surface area contributed by atoms with Gasteiger partial charge in [0.1, 0.15) is 17.5 Å². The van der Waals surface area contributed by atoms with E-state index in [0.29, 0.717) is 53.3 Å². The molecule has 216 valence electrons. The topological polar surface area (TPSA) is 79.1 Å². The molecule has 1 aliphatic heterocycles. The second kappa shape index (κ2) is 12.6. The number of ether oxygens (including phenoxy) is 3. The van der Waals surface area contributed by atoms with Crippen LogP contribution in [0.2, 0.25) is 10.0 Å². The summed E-state index contributed by atoms with van der Waals surface area (Å²) in [6, 6.07) is 18.7. The maximum Gasteiger partial charge on any atom is 0.338 e. The standard InChI is InChI=1S/C32H28Cl2N2O5S/c1-5-40-31(38)27-28(19-9-7-6-8-10-19)35-32-36(29(27)23-17-22(34)12-14-25(23)39-4)30(37)26(42-32)16-20-15-21(33)11-13-24(20)41-18(2)3/h6-18,29H,5H2,1-4H3/b26-16-/t29-/m1/s1. The molecule has 1 aromatic heterocycles. The van der Waals surface area contributed by atoms with Gasteiger partial charge >= 0.3 is 5.97 Å². The van der Waals surface area contributed by atoms with Crippen molar-refractivity contribution in [3.63, 3.8) is 0 Å². The first-order valence-electron chi connectivity index (χ1n) is 13.3. The van der Waals surface area contributed by atoms with E-state index in [1.54, 1.807) is 49.4 Å². The molecule has 1 aliphatic rings. The van der Waals surface area contributed by atoms with Gasteiger partial charge in [-0.05, 0) is 63.2 Å². The van der Waals surface area contributed by atoms with Gasteiger partial charge in [0.2, 0.25) is 0 Å². The molecule has 42 heavy (non-hydrogen) atoms. The summed E-state index contributed by atoms with van der Waals surface area (Å²) < 4.78 is 19.1. The van der Waals surface area contributed by atoms with E-state index >= 15 is 0 Å². The minimum absolute atomic E-state index is 0.0876. The molecule has 0 bridgehead atoms. The highest BCUT2D eigenvalue weighted by Crippen LogP contribution is 2.39. The van der Waals surface area contributed by atoms with Crippen molar-refractivity contribution in [1.29, 1.82) is 0 Å². The molecule has 1 atom stereocenters. The highest BCUT2D eigenvalue weighted by atomic mass is 35.5. The number of fused-ring (bicyclic) bond motifs is 1. The van der Waals surface area contributed by atoms with Crippen LogP contribution < -0.4 is 24.4 Å². The zero-order valence-electron chi connectivity index (χ0n) is 23.4. The number of hydrogen-bond acceptors (Lipinski definition) is 7. The number of carbonyl (C=O) groups excluding carboxylic acids is 1. The minimum Gasteiger partial charge on any atom is -0.496 e. The average molecular weight is 624 g/mol. The Kier molecular flexibility index (Phi) is 8.87. The van der Waals surface area contributed by atoms with E-state index in [4.69, 9.17) is 42.4 Å². The molecule has 0 spiro atoms. The van der Waals surface area contributed by atoms with Crippen LogP contribution in [0.1, 0.15) is 43.5 Å². The van der Waals surface area contributed by atoms with E-state index in [9.17, 15) is 9.59 Å². The molecule has 0 amide bonds. The van der Waals surface area contributed by atoms with Gasteiger partial charge in [-0.2, -0.15) is 0 Å². The van der Waals surface area contributed by atoms with Gasteiger partial charge in [-0.1, -0.05) is 64.9 Å². The number of aromatic nitrogens is 1. The maximum atomic E-state index is 14.2. The highest BCUT2D eigenvalue weighted by molar-refractivity contribution is 7.07. The number of halogens is 2. The Morgan fingerprint density at radius 1 is 1.05 bits per heavy atom. The number of hydrogen-bond donors (Lipinski definition) is 0. The Hall–Kier alpha value is -3.85. The Morgan fingerprint density at radius 2 is 1.74 bits per heavy atom. The monoisotopic (exact) mass is 622 g/mol. The molecule has 5 rings (SSSR count). The summed E-state index contributed by atoms with van der Waals surface area (Å²) in [4.78, 5) is 33.2. The van der Waals surface area contributed by atoms with Crippen molar-refractivity contribution in [3.05, 3.63) is 119 Å². The minimum atomic E-state index is -0.933. The lowest BCUT2D eigenvalue weighted by atomic mass is 9.92. The number of methoxy groups -OCH3 is 1. The van der Waals surface area contributed by atoms with Crippen LogP contribution in [0.3, 0.4) is 0 Å². The normalized spacial score (nSPS) is 14.9. The number of benzene rings is 3.